The highest BCUT2D eigenvalue weighted by Crippen LogP contribution is 2.24. The zero-order valence-corrected chi connectivity index (χ0v) is 10.00. The lowest BCUT2D eigenvalue weighted by Crippen LogP contribution is -2.54. The summed E-state index contributed by atoms with van der Waals surface area (Å²) in [6, 6.07) is 0.669. The summed E-state index contributed by atoms with van der Waals surface area (Å²) in [5.74, 6) is 0.828. The van der Waals surface area contributed by atoms with Crippen molar-refractivity contribution in [1.82, 2.24) is 10.2 Å². The predicted molar refractivity (Wildman–Crippen MR) is 61.9 cm³/mol. The summed E-state index contributed by atoms with van der Waals surface area (Å²) in [6.07, 6.45) is 3.88. The maximum atomic E-state index is 9.50. The first-order valence-corrected chi connectivity index (χ1v) is 6.22. The van der Waals surface area contributed by atoms with Gasteiger partial charge in [-0.2, -0.15) is 0 Å². The Labute approximate surface area is 92.8 Å². The lowest BCUT2D eigenvalue weighted by molar-refractivity contribution is 0.128. The summed E-state index contributed by atoms with van der Waals surface area (Å²) >= 11 is 0. The molecule has 0 aromatic carbocycles. The SMILES string of the molecule is CC1CCN(CC(C)(CO)NC2CC2)C1. The molecule has 1 saturated heterocycles. The molecule has 2 aliphatic rings. The Morgan fingerprint density at radius 3 is 2.60 bits per heavy atom. The largest absolute Gasteiger partial charge is 0.394 e. The minimum atomic E-state index is -0.0920. The van der Waals surface area contributed by atoms with E-state index in [4.69, 9.17) is 0 Å². The van der Waals surface area contributed by atoms with Crippen LogP contribution in [0.25, 0.3) is 0 Å². The van der Waals surface area contributed by atoms with E-state index in [1.807, 2.05) is 0 Å². The fourth-order valence-electron chi connectivity index (χ4n) is 2.53. The molecule has 88 valence electrons. The average Bonchev–Trinajstić information content (AvgIpc) is 2.90. The fourth-order valence-corrected chi connectivity index (χ4v) is 2.53. The monoisotopic (exact) mass is 212 g/mol. The highest BCUT2D eigenvalue weighted by molar-refractivity contribution is 4.95. The van der Waals surface area contributed by atoms with E-state index in [-0.39, 0.29) is 12.1 Å². The molecule has 0 spiro atoms. The first-order chi connectivity index (χ1) is 7.11. The number of aliphatic hydroxyl groups excluding tert-OH is 1. The first-order valence-electron chi connectivity index (χ1n) is 6.22. The van der Waals surface area contributed by atoms with Gasteiger partial charge in [-0.1, -0.05) is 6.92 Å². The Kier molecular flexibility index (Phi) is 3.33. The van der Waals surface area contributed by atoms with E-state index in [1.54, 1.807) is 0 Å². The number of rotatable bonds is 5. The first kappa shape index (κ1) is 11.4. The second-order valence-corrected chi connectivity index (χ2v) is 5.77. The van der Waals surface area contributed by atoms with Gasteiger partial charge in [-0.25, -0.2) is 0 Å². The Morgan fingerprint density at radius 1 is 1.40 bits per heavy atom. The number of aliphatic hydroxyl groups is 1. The van der Waals surface area contributed by atoms with Gasteiger partial charge in [0.05, 0.1) is 12.1 Å². The van der Waals surface area contributed by atoms with Crippen LogP contribution in [0.3, 0.4) is 0 Å². The van der Waals surface area contributed by atoms with Crippen molar-refractivity contribution in [2.45, 2.75) is 44.7 Å². The number of hydrogen-bond donors (Lipinski definition) is 2. The normalized spacial score (nSPS) is 31.8. The number of nitrogens with zero attached hydrogens (tertiary/aromatic N) is 1. The predicted octanol–water partition coefficient (Wildman–Crippen LogP) is 0.831. The van der Waals surface area contributed by atoms with Crippen molar-refractivity contribution in [1.29, 1.82) is 0 Å². The Bertz CT molecular complexity index is 218. The number of likely N-dealkylation sites (tertiary alicyclic amines) is 1. The van der Waals surface area contributed by atoms with Crippen molar-refractivity contribution < 1.29 is 5.11 Å². The molecule has 1 heterocycles. The molecule has 3 heteroatoms. The topological polar surface area (TPSA) is 35.5 Å². The molecule has 2 fully saturated rings. The van der Waals surface area contributed by atoms with Gasteiger partial charge in [0.15, 0.2) is 0 Å². The third-order valence-electron chi connectivity index (χ3n) is 3.56. The molecule has 2 unspecified atom stereocenters. The van der Waals surface area contributed by atoms with Crippen molar-refractivity contribution in [2.75, 3.05) is 26.2 Å². The van der Waals surface area contributed by atoms with Gasteiger partial charge in [-0.05, 0) is 38.6 Å². The molecule has 0 aromatic heterocycles. The molecule has 2 rings (SSSR count). The molecule has 1 aliphatic carbocycles. The Hall–Kier alpha value is -0.120. The second-order valence-electron chi connectivity index (χ2n) is 5.77. The number of hydrogen-bond acceptors (Lipinski definition) is 3. The molecule has 2 N–H and O–H groups in total. The van der Waals surface area contributed by atoms with Gasteiger partial charge in [-0.15, -0.1) is 0 Å². The molecule has 0 radical (unpaired) electrons. The highest BCUT2D eigenvalue weighted by atomic mass is 16.3. The van der Waals surface area contributed by atoms with Gasteiger partial charge in [-0.3, -0.25) is 0 Å². The third-order valence-corrected chi connectivity index (χ3v) is 3.56. The van der Waals surface area contributed by atoms with Crippen molar-refractivity contribution in [2.24, 2.45) is 5.92 Å². The van der Waals surface area contributed by atoms with E-state index >= 15 is 0 Å². The third kappa shape index (κ3) is 3.16. The molecule has 1 aliphatic heterocycles. The second kappa shape index (κ2) is 4.40. The van der Waals surface area contributed by atoms with E-state index in [9.17, 15) is 5.11 Å². The standard InChI is InChI=1S/C12H24N2O/c1-10-5-6-14(7-10)8-12(2,9-15)13-11-3-4-11/h10-11,13,15H,3-9H2,1-2H3. The average molecular weight is 212 g/mol. The summed E-state index contributed by atoms with van der Waals surface area (Å²) in [5, 5.41) is 13.1. The maximum absolute atomic E-state index is 9.50. The van der Waals surface area contributed by atoms with Crippen LogP contribution < -0.4 is 5.32 Å². The minimum Gasteiger partial charge on any atom is -0.394 e. The Morgan fingerprint density at radius 2 is 2.13 bits per heavy atom. The lowest BCUT2D eigenvalue weighted by Gasteiger charge is -2.33. The van der Waals surface area contributed by atoms with Crippen LogP contribution in [0.15, 0.2) is 0 Å². The summed E-state index contributed by atoms with van der Waals surface area (Å²) in [4.78, 5) is 2.48. The molecule has 2 atom stereocenters. The maximum Gasteiger partial charge on any atom is 0.0623 e. The zero-order valence-electron chi connectivity index (χ0n) is 10.00. The molecule has 3 nitrogen and oxygen atoms in total. The van der Waals surface area contributed by atoms with Gasteiger partial charge in [0.2, 0.25) is 0 Å². The van der Waals surface area contributed by atoms with E-state index in [2.05, 4.69) is 24.1 Å². The molecule has 0 aromatic rings. The Balaban J connectivity index is 1.82. The van der Waals surface area contributed by atoms with Crippen LogP contribution in [0.4, 0.5) is 0 Å². The van der Waals surface area contributed by atoms with Crippen LogP contribution >= 0.6 is 0 Å². The van der Waals surface area contributed by atoms with Crippen molar-refractivity contribution in [3.63, 3.8) is 0 Å². The molecule has 15 heavy (non-hydrogen) atoms. The zero-order chi connectivity index (χ0) is 10.9. The van der Waals surface area contributed by atoms with Gasteiger partial charge in [0.25, 0.3) is 0 Å². The smallest absolute Gasteiger partial charge is 0.0623 e. The highest BCUT2D eigenvalue weighted by Gasteiger charge is 2.34. The summed E-state index contributed by atoms with van der Waals surface area (Å²) in [7, 11) is 0. The van der Waals surface area contributed by atoms with Crippen LogP contribution in [-0.2, 0) is 0 Å². The van der Waals surface area contributed by atoms with Crippen molar-refractivity contribution >= 4 is 0 Å². The summed E-state index contributed by atoms with van der Waals surface area (Å²) < 4.78 is 0. The van der Waals surface area contributed by atoms with Gasteiger partial charge < -0.3 is 15.3 Å². The quantitative estimate of drug-likeness (QED) is 0.708. The van der Waals surface area contributed by atoms with Gasteiger partial charge in [0.1, 0.15) is 0 Å². The van der Waals surface area contributed by atoms with Crippen LogP contribution in [0.2, 0.25) is 0 Å². The van der Waals surface area contributed by atoms with Crippen LogP contribution in [0.1, 0.15) is 33.1 Å². The van der Waals surface area contributed by atoms with E-state index in [1.165, 1.54) is 32.4 Å². The van der Waals surface area contributed by atoms with Crippen LogP contribution in [-0.4, -0.2) is 47.8 Å². The summed E-state index contributed by atoms with van der Waals surface area (Å²) in [6.45, 7) is 8.09. The van der Waals surface area contributed by atoms with Crippen molar-refractivity contribution in [3.8, 4) is 0 Å². The molecule has 1 saturated carbocycles. The van der Waals surface area contributed by atoms with Crippen LogP contribution in [0, 0.1) is 5.92 Å². The molecular weight excluding hydrogens is 188 g/mol. The lowest BCUT2D eigenvalue weighted by atomic mass is 10.0. The fraction of sp³-hybridized carbons (Fsp3) is 1.00. The molecular formula is C12H24N2O. The minimum absolute atomic E-state index is 0.0920. The molecule has 0 bridgehead atoms. The van der Waals surface area contributed by atoms with Crippen molar-refractivity contribution in [3.05, 3.63) is 0 Å². The van der Waals surface area contributed by atoms with Gasteiger partial charge in [0, 0.05) is 19.1 Å². The van der Waals surface area contributed by atoms with E-state index in [0.717, 1.165) is 12.5 Å². The molecule has 0 amide bonds. The summed E-state index contributed by atoms with van der Waals surface area (Å²) in [5.41, 5.74) is -0.0920. The van der Waals surface area contributed by atoms with E-state index in [0.29, 0.717) is 6.04 Å². The number of nitrogens with one attached hydrogen (secondary N) is 1. The van der Waals surface area contributed by atoms with E-state index < -0.39 is 0 Å². The van der Waals surface area contributed by atoms with Gasteiger partial charge >= 0.3 is 0 Å². The van der Waals surface area contributed by atoms with Crippen LogP contribution in [0.5, 0.6) is 0 Å².